The van der Waals surface area contributed by atoms with Crippen molar-refractivity contribution in [3.05, 3.63) is 111 Å². The smallest absolute Gasteiger partial charge is 0.234 e. The molecule has 0 aromatic heterocycles. The van der Waals surface area contributed by atoms with E-state index in [-0.39, 0.29) is 41.7 Å². The monoisotopic (exact) mass is 582 g/mol. The Morgan fingerprint density at radius 3 is 1.73 bits per heavy atom. The number of amides is 1. The quantitative estimate of drug-likeness (QED) is 0.255. The van der Waals surface area contributed by atoms with Gasteiger partial charge in [-0.1, -0.05) is 65.7 Å². The summed E-state index contributed by atoms with van der Waals surface area (Å²) in [6.45, 7) is 0. The molecule has 3 aromatic rings. The van der Waals surface area contributed by atoms with Gasteiger partial charge in [0.2, 0.25) is 5.91 Å². The first-order valence-corrected chi connectivity index (χ1v) is 10.6. The molecule has 0 bridgehead atoms. The van der Waals surface area contributed by atoms with Gasteiger partial charge >= 0.3 is 0 Å². The molecule has 0 saturated heterocycles. The van der Waals surface area contributed by atoms with E-state index in [9.17, 15) is 19.8 Å². The van der Waals surface area contributed by atoms with E-state index in [2.05, 4.69) is 10.2 Å². The number of aliphatic hydroxyl groups excluding tert-OH is 1. The van der Waals surface area contributed by atoms with Crippen LogP contribution in [0.15, 0.2) is 89.1 Å². The Morgan fingerprint density at radius 2 is 1.30 bits per heavy atom. The third kappa shape index (κ3) is 13.6. The maximum Gasteiger partial charge on any atom is 0.234 e. The Balaban J connectivity index is 0. The predicted octanol–water partition coefficient (Wildman–Crippen LogP) is 2.32. The van der Waals surface area contributed by atoms with Crippen LogP contribution < -0.4 is 15.6 Å². The third-order valence-electron chi connectivity index (χ3n) is 4.02. The first-order chi connectivity index (χ1) is 16.8. The molecule has 0 fully saturated rings. The number of halogens is 2. The van der Waals surface area contributed by atoms with E-state index < -0.39 is 17.8 Å². The Hall–Kier alpha value is -3.22. The molecular weight excluding hydrogens is 562 g/mol. The van der Waals surface area contributed by atoms with Crippen LogP contribution in [-0.4, -0.2) is 35.7 Å². The molecule has 3 rings (SSSR count). The molecule has 3 N–H and O–H groups in total. The van der Waals surface area contributed by atoms with Crippen molar-refractivity contribution in [1.82, 2.24) is 5.43 Å². The molecule has 0 spiro atoms. The molecule has 37 heavy (non-hydrogen) atoms. The van der Waals surface area contributed by atoms with Crippen molar-refractivity contribution in [1.29, 1.82) is 0 Å². The number of carboxylic acid groups (broad SMARTS) is 1. The van der Waals surface area contributed by atoms with Crippen molar-refractivity contribution < 1.29 is 48.9 Å². The maximum absolute atomic E-state index is 11.8. The molecule has 1 amide bonds. The van der Waals surface area contributed by atoms with Crippen LogP contribution >= 0.6 is 23.2 Å². The molecule has 1 radical (unpaired) electrons. The molecule has 0 heterocycles. The van der Waals surface area contributed by atoms with Crippen LogP contribution in [0.4, 0.5) is 0 Å². The predicted molar refractivity (Wildman–Crippen MR) is 133 cm³/mol. The van der Waals surface area contributed by atoms with E-state index in [1.807, 2.05) is 6.07 Å². The van der Waals surface area contributed by atoms with E-state index >= 15 is 0 Å². The number of carboxylic acids is 1. The summed E-state index contributed by atoms with van der Waals surface area (Å²) in [6.07, 6.45) is 0.0283. The summed E-state index contributed by atoms with van der Waals surface area (Å²) in [4.78, 5) is 21.8. The van der Waals surface area contributed by atoms with Crippen LogP contribution in [0.1, 0.15) is 21.5 Å². The Morgan fingerprint density at radius 1 is 0.838 bits per heavy atom. The molecule has 0 atom stereocenters. The van der Waals surface area contributed by atoms with Gasteiger partial charge in [-0.05, 0) is 47.5 Å². The van der Waals surface area contributed by atoms with Crippen LogP contribution in [-0.2, 0) is 35.2 Å². The topological polar surface area (TPSA) is 190 Å². The number of hydrogen-bond donors (Lipinski definition) is 2. The molecule has 0 saturated carbocycles. The van der Waals surface area contributed by atoms with Gasteiger partial charge < -0.3 is 36.9 Å². The van der Waals surface area contributed by atoms with E-state index in [1.165, 1.54) is 24.3 Å². The van der Waals surface area contributed by atoms with E-state index in [0.717, 1.165) is 12.7 Å². The maximum atomic E-state index is 11.8. The Kier molecular flexibility index (Phi) is 19.3. The summed E-state index contributed by atoms with van der Waals surface area (Å²) >= 11 is 11.3. The van der Waals surface area contributed by atoms with Gasteiger partial charge in [-0.2, -0.15) is 10.2 Å². The minimum Gasteiger partial charge on any atom is -2.00 e. The fourth-order valence-electron chi connectivity index (χ4n) is 2.37. The summed E-state index contributed by atoms with van der Waals surface area (Å²) in [7, 11) is 1.00. The standard InChI is InChI=1S/C16H13ClN2O3.C7H6ClN2O.CH4O.O.V/c17-13-8-6-12(7-9-13)15(20)19-18-14(16(21)22)10-11-4-2-1-3-5-11;8-6-3-1-5(2-4-6)7(11)10-9;1-2;;/h1-9H,10H2,(H,19,20)(H,21,22);1-4,9H,(H,10,11);2H,1H3;;/q;-1;;-2;/p-2/b18-14+;;;;. The molecule has 10 nitrogen and oxygen atoms in total. The summed E-state index contributed by atoms with van der Waals surface area (Å²) < 4.78 is 0. The zero-order valence-electron chi connectivity index (χ0n) is 19.3. The molecule has 0 aliphatic carbocycles. The average Bonchev–Trinajstić information content (AvgIpc) is 2.88. The van der Waals surface area contributed by atoms with E-state index in [0.29, 0.717) is 15.6 Å². The largest absolute Gasteiger partial charge is 2.00 e. The van der Waals surface area contributed by atoms with Gasteiger partial charge in [0, 0.05) is 53.6 Å². The number of hydrogen-bond acceptors (Lipinski definition) is 7. The van der Waals surface area contributed by atoms with Gasteiger partial charge in [-0.15, -0.1) is 0 Å². The normalized spacial score (nSPS) is 10.2. The van der Waals surface area contributed by atoms with Crippen molar-refractivity contribution in [2.24, 2.45) is 10.2 Å². The molecule has 0 unspecified atom stereocenters. The van der Waals surface area contributed by atoms with Gasteiger partial charge in [0.25, 0.3) is 0 Å². The number of aliphatic carboxylic acids is 1. The second-order valence-corrected chi connectivity index (χ2v) is 7.24. The van der Waals surface area contributed by atoms with Crippen molar-refractivity contribution in [3.63, 3.8) is 0 Å². The SMILES string of the molecule is CO.O=C([O-])/C(Cc1ccccc1)=N/N=C(\[O-])c1ccc(Cl)cc1.[NH-]NC(=O)c1ccc(Cl)cc1.[O-2].[V]. The average molecular weight is 583 g/mol. The number of benzene rings is 3. The van der Waals surface area contributed by atoms with Gasteiger partial charge in [-0.25, -0.2) is 0 Å². The van der Waals surface area contributed by atoms with Crippen molar-refractivity contribution in [3.8, 4) is 0 Å². The van der Waals surface area contributed by atoms with Gasteiger partial charge in [-0.3, -0.25) is 4.79 Å². The van der Waals surface area contributed by atoms with Crippen LogP contribution in [0, 0.1) is 0 Å². The minimum atomic E-state index is -1.46. The van der Waals surface area contributed by atoms with Crippen molar-refractivity contribution in [2.75, 3.05) is 7.11 Å². The molecule has 0 aliphatic rings. The molecule has 0 aliphatic heterocycles. The fraction of sp³-hybridized carbons (Fsp3) is 0.0833. The Labute approximate surface area is 235 Å². The third-order valence-corrected chi connectivity index (χ3v) is 4.53. The summed E-state index contributed by atoms with van der Waals surface area (Å²) in [5.74, 6) is 4.03. The molecule has 13 heteroatoms. The number of nitrogens with one attached hydrogen (secondary N) is 2. The Bertz CT molecular complexity index is 1150. The van der Waals surface area contributed by atoms with E-state index in [1.54, 1.807) is 54.0 Å². The second kappa shape index (κ2) is 19.9. The van der Waals surface area contributed by atoms with Gasteiger partial charge in [0.05, 0.1) is 11.7 Å². The number of nitrogens with zero attached hydrogens (tertiary/aromatic N) is 2. The van der Waals surface area contributed by atoms with Crippen LogP contribution in [0.3, 0.4) is 0 Å². The second-order valence-electron chi connectivity index (χ2n) is 6.37. The van der Waals surface area contributed by atoms with Crippen LogP contribution in [0.25, 0.3) is 5.84 Å². The zero-order chi connectivity index (χ0) is 26.2. The fourth-order valence-corrected chi connectivity index (χ4v) is 2.62. The van der Waals surface area contributed by atoms with Crippen molar-refractivity contribution in [2.45, 2.75) is 6.42 Å². The number of aliphatic hydroxyl groups is 1. The first-order valence-electron chi connectivity index (χ1n) is 9.80. The van der Waals surface area contributed by atoms with Crippen LogP contribution in [0.5, 0.6) is 0 Å². The van der Waals surface area contributed by atoms with Crippen LogP contribution in [0.2, 0.25) is 10.0 Å². The zero-order valence-corrected chi connectivity index (χ0v) is 22.2. The molecule has 3 aromatic carbocycles. The summed E-state index contributed by atoms with van der Waals surface area (Å²) in [6, 6.07) is 21.2. The summed E-state index contributed by atoms with van der Waals surface area (Å²) in [5, 5.41) is 37.9. The number of carbonyl (C=O) groups excluding carboxylic acids is 2. The number of rotatable bonds is 6. The van der Waals surface area contributed by atoms with Crippen molar-refractivity contribution >= 4 is 46.7 Å². The summed E-state index contributed by atoms with van der Waals surface area (Å²) in [5.41, 5.74) is 2.90. The molecule has 197 valence electrons. The first kappa shape index (κ1) is 35.9. The molecular formula is C24H21Cl2N4O6V-5. The van der Waals surface area contributed by atoms with E-state index in [4.69, 9.17) is 34.2 Å². The van der Waals surface area contributed by atoms with Gasteiger partial charge in [0.15, 0.2) is 0 Å². The number of carbonyl (C=O) groups is 2. The van der Waals surface area contributed by atoms with Gasteiger partial charge in [0.1, 0.15) is 0 Å². The minimum absolute atomic E-state index is 0.